The fourth-order valence-corrected chi connectivity index (χ4v) is 3.18. The van der Waals surface area contributed by atoms with Gasteiger partial charge in [-0.15, -0.1) is 0 Å². The second-order valence-electron chi connectivity index (χ2n) is 5.25. The van der Waals surface area contributed by atoms with Gasteiger partial charge in [0.15, 0.2) is 0 Å². The van der Waals surface area contributed by atoms with Gasteiger partial charge in [-0.2, -0.15) is 0 Å². The molecule has 0 bridgehead atoms. The number of hydrogen-bond donors (Lipinski definition) is 2. The molecule has 3 nitrogen and oxygen atoms in total. The summed E-state index contributed by atoms with van der Waals surface area (Å²) >= 11 is 2.32. The Balaban J connectivity index is 1.59. The first-order valence-corrected chi connectivity index (χ1v) is 7.44. The molecule has 2 heterocycles. The maximum Gasteiger partial charge on any atom is 0.123 e. The van der Waals surface area contributed by atoms with Crippen LogP contribution in [-0.2, 0) is 0 Å². The Morgan fingerprint density at radius 3 is 2.72 bits per heavy atom. The SMILES string of the molecule is Ic1ccc(-c2cnc([C@@H]3C[C@H]4C[C@H]4N3)[nH]2)cc1. The molecule has 1 aromatic heterocycles. The minimum Gasteiger partial charge on any atom is -0.341 e. The minimum atomic E-state index is 0.436. The molecule has 1 aliphatic heterocycles. The number of aromatic nitrogens is 2. The number of benzene rings is 1. The Kier molecular flexibility index (Phi) is 2.48. The fraction of sp³-hybridized carbons (Fsp3) is 0.357. The van der Waals surface area contributed by atoms with Crippen molar-refractivity contribution in [3.63, 3.8) is 0 Å². The molecule has 0 unspecified atom stereocenters. The number of H-pyrrole nitrogens is 1. The molecule has 4 heteroatoms. The van der Waals surface area contributed by atoms with Crippen molar-refractivity contribution in [3.05, 3.63) is 39.9 Å². The number of fused-ring (bicyclic) bond motifs is 1. The Morgan fingerprint density at radius 2 is 2.00 bits per heavy atom. The third-order valence-electron chi connectivity index (χ3n) is 3.96. The van der Waals surface area contributed by atoms with Crippen molar-refractivity contribution in [2.75, 3.05) is 0 Å². The highest BCUT2D eigenvalue weighted by Crippen LogP contribution is 2.45. The number of halogens is 1. The van der Waals surface area contributed by atoms with E-state index in [-0.39, 0.29) is 0 Å². The van der Waals surface area contributed by atoms with Crippen molar-refractivity contribution in [3.8, 4) is 11.3 Å². The lowest BCUT2D eigenvalue weighted by Gasteiger charge is -2.09. The summed E-state index contributed by atoms with van der Waals surface area (Å²) in [7, 11) is 0. The predicted octanol–water partition coefficient (Wildman–Crippen LogP) is 3.10. The van der Waals surface area contributed by atoms with E-state index < -0.39 is 0 Å². The van der Waals surface area contributed by atoms with E-state index in [1.165, 1.54) is 22.0 Å². The molecule has 2 aliphatic rings. The predicted molar refractivity (Wildman–Crippen MR) is 79.1 cm³/mol. The van der Waals surface area contributed by atoms with E-state index >= 15 is 0 Å². The lowest BCUT2D eigenvalue weighted by atomic mass is 10.1. The van der Waals surface area contributed by atoms with Crippen molar-refractivity contribution in [2.24, 2.45) is 5.92 Å². The monoisotopic (exact) mass is 351 g/mol. The first kappa shape index (κ1) is 11.0. The third kappa shape index (κ3) is 1.87. The molecular weight excluding hydrogens is 337 g/mol. The van der Waals surface area contributed by atoms with Crippen LogP contribution in [0.2, 0.25) is 0 Å². The number of nitrogens with one attached hydrogen (secondary N) is 2. The molecule has 2 N–H and O–H groups in total. The Bertz CT molecular complexity index is 565. The summed E-state index contributed by atoms with van der Waals surface area (Å²) in [4.78, 5) is 7.99. The normalized spacial score (nSPS) is 29.3. The highest BCUT2D eigenvalue weighted by molar-refractivity contribution is 14.1. The fourth-order valence-electron chi connectivity index (χ4n) is 2.82. The van der Waals surface area contributed by atoms with Gasteiger partial charge in [0.25, 0.3) is 0 Å². The Morgan fingerprint density at radius 1 is 1.17 bits per heavy atom. The van der Waals surface area contributed by atoms with E-state index in [2.05, 4.69) is 62.1 Å². The molecule has 2 aromatic rings. The van der Waals surface area contributed by atoms with Crippen LogP contribution in [-0.4, -0.2) is 16.0 Å². The van der Waals surface area contributed by atoms with Gasteiger partial charge in [-0.05, 0) is 59.0 Å². The highest BCUT2D eigenvalue weighted by atomic mass is 127. The topological polar surface area (TPSA) is 40.7 Å². The molecule has 1 aromatic carbocycles. The molecule has 2 fully saturated rings. The van der Waals surface area contributed by atoms with Gasteiger partial charge < -0.3 is 10.3 Å². The van der Waals surface area contributed by atoms with E-state index in [0.717, 1.165) is 23.5 Å². The zero-order chi connectivity index (χ0) is 12.1. The van der Waals surface area contributed by atoms with E-state index in [4.69, 9.17) is 0 Å². The first-order chi connectivity index (χ1) is 8.79. The summed E-state index contributed by atoms with van der Waals surface area (Å²) in [6.45, 7) is 0. The molecule has 1 saturated carbocycles. The Labute approximate surface area is 120 Å². The van der Waals surface area contributed by atoms with Crippen LogP contribution in [0, 0.1) is 9.49 Å². The quantitative estimate of drug-likeness (QED) is 0.817. The maximum absolute atomic E-state index is 4.53. The molecular formula is C14H14IN3. The van der Waals surface area contributed by atoms with E-state index in [9.17, 15) is 0 Å². The van der Waals surface area contributed by atoms with Crippen LogP contribution < -0.4 is 5.32 Å². The zero-order valence-electron chi connectivity index (χ0n) is 9.86. The molecule has 0 spiro atoms. The highest BCUT2D eigenvalue weighted by Gasteiger charge is 2.46. The summed E-state index contributed by atoms with van der Waals surface area (Å²) in [5.74, 6) is 2.00. The van der Waals surface area contributed by atoms with E-state index in [0.29, 0.717) is 6.04 Å². The third-order valence-corrected chi connectivity index (χ3v) is 4.68. The van der Waals surface area contributed by atoms with Crippen LogP contribution in [0.25, 0.3) is 11.3 Å². The van der Waals surface area contributed by atoms with Gasteiger partial charge in [0, 0.05) is 9.61 Å². The van der Waals surface area contributed by atoms with Crippen LogP contribution in [0.4, 0.5) is 0 Å². The molecule has 4 rings (SSSR count). The largest absolute Gasteiger partial charge is 0.341 e. The molecule has 3 atom stereocenters. The number of imidazole rings is 1. The van der Waals surface area contributed by atoms with Crippen LogP contribution in [0.3, 0.4) is 0 Å². The summed E-state index contributed by atoms with van der Waals surface area (Å²) in [5.41, 5.74) is 2.32. The van der Waals surface area contributed by atoms with Crippen LogP contribution in [0.1, 0.15) is 24.7 Å². The molecule has 1 aliphatic carbocycles. The van der Waals surface area contributed by atoms with Crippen LogP contribution in [0.15, 0.2) is 30.5 Å². The minimum absolute atomic E-state index is 0.436. The van der Waals surface area contributed by atoms with Crippen LogP contribution >= 0.6 is 22.6 Å². The smallest absolute Gasteiger partial charge is 0.123 e. The van der Waals surface area contributed by atoms with Gasteiger partial charge in [0.1, 0.15) is 5.82 Å². The maximum atomic E-state index is 4.53. The standard InChI is InChI=1S/C14H14IN3/c15-10-3-1-8(2-4-10)13-7-16-14(18-13)12-6-9-5-11(9)17-12/h1-4,7,9,11-12,17H,5-6H2,(H,16,18)/t9-,11-,12+/m1/s1. The second-order valence-corrected chi connectivity index (χ2v) is 6.49. The molecule has 1 saturated heterocycles. The molecule has 18 heavy (non-hydrogen) atoms. The van der Waals surface area contributed by atoms with Gasteiger partial charge in [0.2, 0.25) is 0 Å². The van der Waals surface area contributed by atoms with Crippen molar-refractivity contribution < 1.29 is 0 Å². The summed E-state index contributed by atoms with van der Waals surface area (Å²) in [5, 5.41) is 3.62. The van der Waals surface area contributed by atoms with Crippen LogP contribution in [0.5, 0.6) is 0 Å². The van der Waals surface area contributed by atoms with Gasteiger partial charge in [-0.1, -0.05) is 12.1 Å². The Hall–Kier alpha value is -0.880. The van der Waals surface area contributed by atoms with Crippen molar-refractivity contribution >= 4 is 22.6 Å². The van der Waals surface area contributed by atoms with Crippen molar-refractivity contribution in [2.45, 2.75) is 24.9 Å². The lowest BCUT2D eigenvalue weighted by molar-refractivity contribution is 0.543. The van der Waals surface area contributed by atoms with Gasteiger partial charge >= 0.3 is 0 Å². The molecule has 0 amide bonds. The van der Waals surface area contributed by atoms with E-state index in [1.54, 1.807) is 0 Å². The summed E-state index contributed by atoms with van der Waals surface area (Å²) < 4.78 is 1.26. The van der Waals surface area contributed by atoms with Crippen molar-refractivity contribution in [1.29, 1.82) is 0 Å². The molecule has 0 radical (unpaired) electrons. The van der Waals surface area contributed by atoms with Gasteiger partial charge in [0.05, 0.1) is 17.9 Å². The zero-order valence-corrected chi connectivity index (χ0v) is 12.0. The summed E-state index contributed by atoms with van der Waals surface area (Å²) in [6, 6.07) is 9.73. The first-order valence-electron chi connectivity index (χ1n) is 6.36. The van der Waals surface area contributed by atoms with Crippen molar-refractivity contribution in [1.82, 2.24) is 15.3 Å². The lowest BCUT2D eigenvalue weighted by Crippen LogP contribution is -2.18. The van der Waals surface area contributed by atoms with Gasteiger partial charge in [-0.3, -0.25) is 0 Å². The molecule has 92 valence electrons. The number of piperidine rings is 1. The number of nitrogens with zero attached hydrogens (tertiary/aromatic N) is 1. The second kappa shape index (κ2) is 4.06. The number of hydrogen-bond acceptors (Lipinski definition) is 2. The average Bonchev–Trinajstić information content (AvgIpc) is 2.83. The van der Waals surface area contributed by atoms with E-state index in [1.807, 2.05) is 6.20 Å². The average molecular weight is 351 g/mol. The number of aromatic amines is 1. The van der Waals surface area contributed by atoms with Gasteiger partial charge in [-0.25, -0.2) is 4.98 Å². The number of rotatable bonds is 2. The summed E-state index contributed by atoms with van der Waals surface area (Å²) in [6.07, 6.45) is 4.55.